The monoisotopic (exact) mass is 262 g/mol. The van der Waals surface area contributed by atoms with E-state index in [4.69, 9.17) is 10.2 Å². The highest BCUT2D eigenvalue weighted by Crippen LogP contribution is 2.27. The third-order valence-electron chi connectivity index (χ3n) is 3.48. The van der Waals surface area contributed by atoms with Crippen molar-refractivity contribution in [2.24, 2.45) is 5.73 Å². The SMILES string of the molecule is NC(=O)C1(NC(=O)/C=C/c2ccco2)CCCCC1. The summed E-state index contributed by atoms with van der Waals surface area (Å²) in [7, 11) is 0. The van der Waals surface area contributed by atoms with Crippen molar-refractivity contribution in [2.45, 2.75) is 37.6 Å². The number of nitrogens with two attached hydrogens (primary N) is 1. The van der Waals surface area contributed by atoms with Crippen molar-refractivity contribution in [1.82, 2.24) is 5.32 Å². The molecule has 0 spiro atoms. The van der Waals surface area contributed by atoms with E-state index in [0.717, 1.165) is 19.3 Å². The zero-order chi connectivity index (χ0) is 13.7. The van der Waals surface area contributed by atoms with E-state index in [0.29, 0.717) is 18.6 Å². The first-order valence-corrected chi connectivity index (χ1v) is 6.46. The summed E-state index contributed by atoms with van der Waals surface area (Å²) < 4.78 is 5.09. The fourth-order valence-corrected chi connectivity index (χ4v) is 2.41. The smallest absolute Gasteiger partial charge is 0.244 e. The Kier molecular flexibility index (Phi) is 4.04. The van der Waals surface area contributed by atoms with Crippen molar-refractivity contribution < 1.29 is 14.0 Å². The van der Waals surface area contributed by atoms with Gasteiger partial charge in [0, 0.05) is 6.08 Å². The van der Waals surface area contributed by atoms with Crippen LogP contribution in [0.1, 0.15) is 37.9 Å². The van der Waals surface area contributed by atoms with Crippen molar-refractivity contribution >= 4 is 17.9 Å². The molecule has 0 unspecified atom stereocenters. The number of primary amides is 1. The molecule has 0 aromatic carbocycles. The molecule has 1 aromatic rings. The van der Waals surface area contributed by atoms with E-state index >= 15 is 0 Å². The molecule has 5 nitrogen and oxygen atoms in total. The van der Waals surface area contributed by atoms with Crippen LogP contribution in [0.25, 0.3) is 6.08 Å². The van der Waals surface area contributed by atoms with Crippen LogP contribution < -0.4 is 11.1 Å². The average Bonchev–Trinajstić information content (AvgIpc) is 2.90. The standard InChI is InChI=1S/C14H18N2O3/c15-13(18)14(8-2-1-3-9-14)16-12(17)7-6-11-5-4-10-19-11/h4-7,10H,1-3,8-9H2,(H2,15,18)(H,16,17)/b7-6+. The summed E-state index contributed by atoms with van der Waals surface area (Å²) in [5, 5.41) is 2.75. The Labute approximate surface area is 111 Å². The summed E-state index contributed by atoms with van der Waals surface area (Å²) in [5.74, 6) is -0.184. The van der Waals surface area contributed by atoms with Gasteiger partial charge >= 0.3 is 0 Å². The van der Waals surface area contributed by atoms with Crippen LogP contribution in [0.4, 0.5) is 0 Å². The van der Waals surface area contributed by atoms with Crippen molar-refractivity contribution in [3.63, 3.8) is 0 Å². The van der Waals surface area contributed by atoms with E-state index in [1.54, 1.807) is 18.2 Å². The van der Waals surface area contributed by atoms with Crippen molar-refractivity contribution in [3.05, 3.63) is 30.2 Å². The third-order valence-corrected chi connectivity index (χ3v) is 3.48. The minimum Gasteiger partial charge on any atom is -0.465 e. The maximum atomic E-state index is 11.9. The molecule has 2 amide bonds. The predicted molar refractivity (Wildman–Crippen MR) is 70.9 cm³/mol. The topological polar surface area (TPSA) is 85.3 Å². The maximum absolute atomic E-state index is 11.9. The number of furan rings is 1. The summed E-state index contributed by atoms with van der Waals surface area (Å²) in [6.45, 7) is 0. The van der Waals surface area contributed by atoms with Crippen molar-refractivity contribution in [1.29, 1.82) is 0 Å². The van der Waals surface area contributed by atoms with Gasteiger partial charge in [-0.25, -0.2) is 0 Å². The Bertz CT molecular complexity index is 471. The van der Waals surface area contributed by atoms with Gasteiger partial charge in [-0.3, -0.25) is 9.59 Å². The quantitative estimate of drug-likeness (QED) is 0.808. The normalized spacial score (nSPS) is 18.3. The number of amides is 2. The Morgan fingerprint density at radius 1 is 1.32 bits per heavy atom. The summed E-state index contributed by atoms with van der Waals surface area (Å²) in [6.07, 6.45) is 8.57. The van der Waals surface area contributed by atoms with E-state index in [-0.39, 0.29) is 5.91 Å². The Morgan fingerprint density at radius 2 is 2.05 bits per heavy atom. The Morgan fingerprint density at radius 3 is 2.63 bits per heavy atom. The second-order valence-corrected chi connectivity index (χ2v) is 4.85. The van der Waals surface area contributed by atoms with Crippen LogP contribution in [0.2, 0.25) is 0 Å². The molecule has 3 N–H and O–H groups in total. The van der Waals surface area contributed by atoms with Gasteiger partial charge in [-0.15, -0.1) is 0 Å². The average molecular weight is 262 g/mol. The highest BCUT2D eigenvalue weighted by molar-refractivity contribution is 5.96. The van der Waals surface area contributed by atoms with Crippen molar-refractivity contribution in [2.75, 3.05) is 0 Å². The van der Waals surface area contributed by atoms with Gasteiger partial charge in [0.2, 0.25) is 11.8 Å². The number of hydrogen-bond acceptors (Lipinski definition) is 3. The molecule has 0 atom stereocenters. The van der Waals surface area contributed by atoms with Crippen LogP contribution in [0, 0.1) is 0 Å². The van der Waals surface area contributed by atoms with E-state index in [2.05, 4.69) is 5.32 Å². The number of carbonyl (C=O) groups excluding carboxylic acids is 2. The number of hydrogen-bond donors (Lipinski definition) is 2. The molecule has 1 heterocycles. The van der Waals surface area contributed by atoms with Gasteiger partial charge in [-0.05, 0) is 31.1 Å². The van der Waals surface area contributed by atoms with Gasteiger partial charge < -0.3 is 15.5 Å². The number of carbonyl (C=O) groups is 2. The summed E-state index contributed by atoms with van der Waals surface area (Å²) >= 11 is 0. The fourth-order valence-electron chi connectivity index (χ4n) is 2.41. The van der Waals surface area contributed by atoms with Gasteiger partial charge in [0.25, 0.3) is 0 Å². The fraction of sp³-hybridized carbons (Fsp3) is 0.429. The lowest BCUT2D eigenvalue weighted by molar-refractivity contribution is -0.130. The molecule has 102 valence electrons. The predicted octanol–water partition coefficient (Wildman–Crippen LogP) is 1.60. The molecule has 2 rings (SSSR count). The summed E-state index contributed by atoms with van der Waals surface area (Å²) in [4.78, 5) is 23.5. The number of nitrogens with one attached hydrogen (secondary N) is 1. The first kappa shape index (κ1) is 13.4. The Hall–Kier alpha value is -2.04. The van der Waals surface area contributed by atoms with E-state index < -0.39 is 11.4 Å². The van der Waals surface area contributed by atoms with E-state index in [1.807, 2.05) is 0 Å². The molecule has 0 aliphatic heterocycles. The third kappa shape index (κ3) is 3.24. The molecule has 1 aromatic heterocycles. The molecule has 5 heteroatoms. The van der Waals surface area contributed by atoms with Crippen LogP contribution in [0.15, 0.2) is 28.9 Å². The first-order valence-electron chi connectivity index (χ1n) is 6.46. The Balaban J connectivity index is 2.01. The molecule has 1 aliphatic carbocycles. The molecular weight excluding hydrogens is 244 g/mol. The molecule has 1 aliphatic rings. The molecule has 1 saturated carbocycles. The lowest BCUT2D eigenvalue weighted by Gasteiger charge is -2.34. The number of rotatable bonds is 4. The molecule has 1 fully saturated rings. The highest BCUT2D eigenvalue weighted by Gasteiger charge is 2.38. The van der Waals surface area contributed by atoms with Gasteiger partial charge in [0.15, 0.2) is 0 Å². The summed E-state index contributed by atoms with van der Waals surface area (Å²) in [6, 6.07) is 3.48. The largest absolute Gasteiger partial charge is 0.465 e. The van der Waals surface area contributed by atoms with Crippen LogP contribution in [-0.2, 0) is 9.59 Å². The lowest BCUT2D eigenvalue weighted by Crippen LogP contribution is -2.58. The molecule has 0 radical (unpaired) electrons. The van der Waals surface area contributed by atoms with Gasteiger partial charge in [-0.2, -0.15) is 0 Å². The van der Waals surface area contributed by atoms with Crippen LogP contribution in [0.3, 0.4) is 0 Å². The van der Waals surface area contributed by atoms with Gasteiger partial charge in [0.05, 0.1) is 6.26 Å². The first-order chi connectivity index (χ1) is 9.12. The molecular formula is C14H18N2O3. The van der Waals surface area contributed by atoms with Crippen LogP contribution in [-0.4, -0.2) is 17.4 Å². The molecule has 0 saturated heterocycles. The zero-order valence-corrected chi connectivity index (χ0v) is 10.7. The summed E-state index contributed by atoms with van der Waals surface area (Å²) in [5.41, 5.74) is 4.56. The minimum atomic E-state index is -0.886. The van der Waals surface area contributed by atoms with Crippen molar-refractivity contribution in [3.8, 4) is 0 Å². The van der Waals surface area contributed by atoms with Gasteiger partial charge in [-0.1, -0.05) is 19.3 Å². The lowest BCUT2D eigenvalue weighted by atomic mass is 9.81. The van der Waals surface area contributed by atoms with E-state index in [1.165, 1.54) is 12.3 Å². The zero-order valence-electron chi connectivity index (χ0n) is 10.7. The second-order valence-electron chi connectivity index (χ2n) is 4.85. The molecule has 19 heavy (non-hydrogen) atoms. The minimum absolute atomic E-state index is 0.322. The van der Waals surface area contributed by atoms with Gasteiger partial charge in [0.1, 0.15) is 11.3 Å². The van der Waals surface area contributed by atoms with Crippen LogP contribution >= 0.6 is 0 Å². The van der Waals surface area contributed by atoms with E-state index in [9.17, 15) is 9.59 Å². The van der Waals surface area contributed by atoms with Crippen LogP contribution in [0.5, 0.6) is 0 Å². The molecule has 0 bridgehead atoms. The second kappa shape index (κ2) is 5.73. The maximum Gasteiger partial charge on any atom is 0.244 e. The highest BCUT2D eigenvalue weighted by atomic mass is 16.3.